The number of ether oxygens (including phenoxy) is 1. The molecule has 0 atom stereocenters. The Kier molecular flexibility index (Phi) is 2.24. The summed E-state index contributed by atoms with van der Waals surface area (Å²) in [4.78, 5) is 12.3. The van der Waals surface area contributed by atoms with Crippen molar-refractivity contribution in [2.24, 2.45) is 0 Å². The van der Waals surface area contributed by atoms with E-state index in [-0.39, 0.29) is 5.63 Å². The topological polar surface area (TPSA) is 39.4 Å². The van der Waals surface area contributed by atoms with Gasteiger partial charge in [0.25, 0.3) is 0 Å². The lowest BCUT2D eigenvalue weighted by Gasteiger charge is -2.20. The van der Waals surface area contributed by atoms with Gasteiger partial charge in [-0.3, -0.25) is 0 Å². The maximum absolute atomic E-state index is 12.3. The highest BCUT2D eigenvalue weighted by Crippen LogP contribution is 2.39. The molecule has 0 unspecified atom stereocenters. The molecule has 3 heteroatoms. The summed E-state index contributed by atoms with van der Waals surface area (Å²) in [6.07, 6.45) is 0. The van der Waals surface area contributed by atoms with Crippen molar-refractivity contribution in [2.75, 3.05) is 0 Å². The van der Waals surface area contributed by atoms with Gasteiger partial charge in [-0.15, -0.1) is 0 Å². The van der Waals surface area contributed by atoms with Gasteiger partial charge in [-0.05, 0) is 30.2 Å². The Bertz CT molecular complexity index is 890. The smallest absolute Gasteiger partial charge is 0.348 e. The summed E-state index contributed by atoms with van der Waals surface area (Å²) in [5.41, 5.74) is 3.79. The van der Waals surface area contributed by atoms with Gasteiger partial charge in [0.2, 0.25) is 0 Å². The maximum atomic E-state index is 12.3. The molecule has 1 aliphatic rings. The average Bonchev–Trinajstić information content (AvgIpc) is 2.47. The molecule has 0 saturated heterocycles. The van der Waals surface area contributed by atoms with Crippen molar-refractivity contribution < 1.29 is 9.15 Å². The Balaban J connectivity index is 2.16. The molecule has 0 N–H and O–H groups in total. The SMILES string of the molecule is Cc1ccc2oc(=O)c3c(c2c1)OCc1ccccc1-3. The standard InChI is InChI=1S/C17H12O3/c1-10-6-7-14-13(8-10)16-15(17(18)20-14)12-5-3-2-4-11(12)9-19-16/h2-8H,9H2,1H3. The van der Waals surface area contributed by atoms with Crippen LogP contribution in [-0.4, -0.2) is 0 Å². The van der Waals surface area contributed by atoms with Gasteiger partial charge < -0.3 is 9.15 Å². The van der Waals surface area contributed by atoms with Crippen LogP contribution in [0.4, 0.5) is 0 Å². The van der Waals surface area contributed by atoms with Crippen molar-refractivity contribution in [3.05, 3.63) is 64.0 Å². The maximum Gasteiger partial charge on any atom is 0.348 e. The molecule has 2 heterocycles. The summed E-state index contributed by atoms with van der Waals surface area (Å²) < 4.78 is 11.3. The fourth-order valence-electron chi connectivity index (χ4n) is 2.71. The summed E-state index contributed by atoms with van der Waals surface area (Å²) in [7, 11) is 0. The predicted octanol–water partition coefficient (Wildman–Crippen LogP) is 3.66. The van der Waals surface area contributed by atoms with Gasteiger partial charge in [0.05, 0.1) is 5.39 Å². The zero-order valence-electron chi connectivity index (χ0n) is 11.0. The zero-order valence-corrected chi connectivity index (χ0v) is 11.0. The Morgan fingerprint density at radius 3 is 2.85 bits per heavy atom. The summed E-state index contributed by atoms with van der Waals surface area (Å²) in [5.74, 6) is 0.638. The Labute approximate surface area is 115 Å². The van der Waals surface area contributed by atoms with Gasteiger partial charge in [-0.2, -0.15) is 0 Å². The molecular weight excluding hydrogens is 252 g/mol. The monoisotopic (exact) mass is 264 g/mol. The first kappa shape index (κ1) is 11.3. The lowest BCUT2D eigenvalue weighted by Crippen LogP contribution is -2.13. The number of fused-ring (bicyclic) bond motifs is 5. The fraction of sp³-hybridized carbons (Fsp3) is 0.118. The van der Waals surface area contributed by atoms with E-state index in [0.717, 1.165) is 22.1 Å². The minimum atomic E-state index is -0.344. The number of hydrogen-bond acceptors (Lipinski definition) is 3. The van der Waals surface area contributed by atoms with Gasteiger partial charge in [0, 0.05) is 0 Å². The van der Waals surface area contributed by atoms with E-state index >= 15 is 0 Å². The van der Waals surface area contributed by atoms with Crippen LogP contribution in [0.25, 0.3) is 22.1 Å². The van der Waals surface area contributed by atoms with E-state index in [1.165, 1.54) is 0 Å². The largest absolute Gasteiger partial charge is 0.487 e. The Hall–Kier alpha value is -2.55. The van der Waals surface area contributed by atoms with Crippen molar-refractivity contribution in [1.82, 2.24) is 0 Å². The van der Waals surface area contributed by atoms with Crippen LogP contribution >= 0.6 is 0 Å². The summed E-state index contributed by atoms with van der Waals surface area (Å²) in [5, 5.41) is 0.856. The molecule has 0 fully saturated rings. The van der Waals surface area contributed by atoms with Crippen LogP contribution in [0.1, 0.15) is 11.1 Å². The molecule has 0 saturated carbocycles. The number of benzene rings is 2. The molecule has 0 amide bonds. The van der Waals surface area contributed by atoms with Gasteiger partial charge in [-0.25, -0.2) is 4.79 Å². The summed E-state index contributed by atoms with van der Waals surface area (Å²) in [6.45, 7) is 2.49. The normalized spacial score (nSPS) is 12.7. The minimum Gasteiger partial charge on any atom is -0.487 e. The van der Waals surface area contributed by atoms with Crippen LogP contribution in [0.5, 0.6) is 5.75 Å². The van der Waals surface area contributed by atoms with Crippen LogP contribution < -0.4 is 10.4 Å². The second-order valence-corrected chi connectivity index (χ2v) is 5.04. The molecule has 0 aliphatic carbocycles. The van der Waals surface area contributed by atoms with E-state index in [2.05, 4.69) is 0 Å². The summed E-state index contributed by atoms with van der Waals surface area (Å²) in [6, 6.07) is 13.5. The minimum absolute atomic E-state index is 0.344. The van der Waals surface area contributed by atoms with E-state index in [9.17, 15) is 4.79 Å². The number of rotatable bonds is 0. The Morgan fingerprint density at radius 1 is 1.10 bits per heavy atom. The Morgan fingerprint density at radius 2 is 1.95 bits per heavy atom. The van der Waals surface area contributed by atoms with Gasteiger partial charge >= 0.3 is 5.63 Å². The first-order valence-corrected chi connectivity index (χ1v) is 6.52. The molecule has 3 nitrogen and oxygen atoms in total. The van der Waals surface area contributed by atoms with E-state index in [4.69, 9.17) is 9.15 Å². The third-order valence-corrected chi connectivity index (χ3v) is 3.67. The highest BCUT2D eigenvalue weighted by atomic mass is 16.5. The lowest BCUT2D eigenvalue weighted by molar-refractivity contribution is 0.303. The van der Waals surface area contributed by atoms with Crippen molar-refractivity contribution in [3.8, 4) is 16.9 Å². The van der Waals surface area contributed by atoms with Crippen LogP contribution in [0, 0.1) is 6.92 Å². The molecule has 0 bridgehead atoms. The quantitative estimate of drug-likeness (QED) is 0.582. The van der Waals surface area contributed by atoms with E-state index in [1.807, 2.05) is 49.4 Å². The van der Waals surface area contributed by atoms with E-state index in [0.29, 0.717) is 23.5 Å². The second kappa shape index (κ2) is 3.97. The molecule has 1 aliphatic heterocycles. The first-order chi connectivity index (χ1) is 9.74. The van der Waals surface area contributed by atoms with Crippen LogP contribution in [0.15, 0.2) is 51.7 Å². The molecule has 1 aromatic heterocycles. The molecular formula is C17H12O3. The second-order valence-electron chi connectivity index (χ2n) is 5.04. The molecule has 20 heavy (non-hydrogen) atoms. The van der Waals surface area contributed by atoms with E-state index in [1.54, 1.807) is 0 Å². The predicted molar refractivity (Wildman–Crippen MR) is 77.0 cm³/mol. The van der Waals surface area contributed by atoms with Gasteiger partial charge in [0.15, 0.2) is 0 Å². The highest BCUT2D eigenvalue weighted by molar-refractivity contribution is 5.92. The summed E-state index contributed by atoms with van der Waals surface area (Å²) >= 11 is 0. The van der Waals surface area contributed by atoms with Crippen LogP contribution in [0.2, 0.25) is 0 Å². The average molecular weight is 264 g/mol. The number of hydrogen-bond donors (Lipinski definition) is 0. The fourth-order valence-corrected chi connectivity index (χ4v) is 2.71. The van der Waals surface area contributed by atoms with Crippen molar-refractivity contribution in [1.29, 1.82) is 0 Å². The molecule has 4 rings (SSSR count). The zero-order chi connectivity index (χ0) is 13.7. The van der Waals surface area contributed by atoms with E-state index < -0.39 is 0 Å². The van der Waals surface area contributed by atoms with Crippen LogP contribution in [0.3, 0.4) is 0 Å². The van der Waals surface area contributed by atoms with Gasteiger partial charge in [0.1, 0.15) is 23.5 Å². The molecule has 0 spiro atoms. The molecule has 0 radical (unpaired) electrons. The molecule has 2 aromatic carbocycles. The van der Waals surface area contributed by atoms with Crippen molar-refractivity contribution >= 4 is 11.0 Å². The van der Waals surface area contributed by atoms with Gasteiger partial charge in [-0.1, -0.05) is 35.9 Å². The van der Waals surface area contributed by atoms with Crippen LogP contribution in [-0.2, 0) is 6.61 Å². The third-order valence-electron chi connectivity index (χ3n) is 3.67. The molecule has 98 valence electrons. The number of aryl methyl sites for hydroxylation is 1. The van der Waals surface area contributed by atoms with Crippen molar-refractivity contribution in [3.63, 3.8) is 0 Å². The third kappa shape index (κ3) is 1.50. The molecule has 3 aromatic rings. The first-order valence-electron chi connectivity index (χ1n) is 6.52. The highest BCUT2D eigenvalue weighted by Gasteiger charge is 2.24. The van der Waals surface area contributed by atoms with Crippen molar-refractivity contribution in [2.45, 2.75) is 13.5 Å². The lowest BCUT2D eigenvalue weighted by atomic mass is 9.97.